The van der Waals surface area contributed by atoms with E-state index in [1.807, 2.05) is 0 Å². The first kappa shape index (κ1) is 14.4. The number of carbonyl (C=O) groups is 1. The Morgan fingerprint density at radius 1 is 1.40 bits per heavy atom. The average molecular weight is 297 g/mol. The topological polar surface area (TPSA) is 111 Å². The first-order valence-corrected chi connectivity index (χ1v) is 6.20. The van der Waals surface area contributed by atoms with Crippen LogP contribution in [0.25, 0.3) is 0 Å². The SMILES string of the molecule is O=C(NCc1nc(CO)n[nH]1)C(O)c1ccc(Cl)cc1. The number of aliphatic hydroxyl groups is 2. The van der Waals surface area contributed by atoms with Crippen LogP contribution in [0, 0.1) is 0 Å². The van der Waals surface area contributed by atoms with E-state index in [0.29, 0.717) is 16.4 Å². The predicted octanol–water partition coefficient (Wildman–Crippen LogP) is 0.300. The molecule has 106 valence electrons. The second-order valence-electron chi connectivity index (χ2n) is 4.03. The Hall–Kier alpha value is -1.96. The van der Waals surface area contributed by atoms with Crippen LogP contribution in [0.5, 0.6) is 0 Å². The number of benzene rings is 1. The fraction of sp³-hybridized carbons (Fsp3) is 0.250. The molecular formula is C12H13ClN4O3. The smallest absolute Gasteiger partial charge is 0.253 e. The van der Waals surface area contributed by atoms with Crippen molar-refractivity contribution in [1.82, 2.24) is 20.5 Å². The van der Waals surface area contributed by atoms with E-state index >= 15 is 0 Å². The maximum Gasteiger partial charge on any atom is 0.253 e. The number of aromatic nitrogens is 3. The lowest BCUT2D eigenvalue weighted by Gasteiger charge is -2.10. The summed E-state index contributed by atoms with van der Waals surface area (Å²) < 4.78 is 0. The molecule has 0 saturated heterocycles. The lowest BCUT2D eigenvalue weighted by Crippen LogP contribution is -2.29. The molecule has 1 amide bonds. The number of halogens is 1. The molecule has 4 N–H and O–H groups in total. The van der Waals surface area contributed by atoms with Crippen molar-refractivity contribution >= 4 is 17.5 Å². The number of hydrogen-bond donors (Lipinski definition) is 4. The summed E-state index contributed by atoms with van der Waals surface area (Å²) in [5, 5.41) is 28.0. The standard InChI is InChI=1S/C12H13ClN4O3/c13-8-3-1-7(2-4-8)11(19)12(20)14-5-9-15-10(6-18)17-16-9/h1-4,11,18-19H,5-6H2,(H,14,20)(H,15,16,17). The molecule has 0 aliphatic heterocycles. The fourth-order valence-electron chi connectivity index (χ4n) is 1.55. The fourth-order valence-corrected chi connectivity index (χ4v) is 1.67. The van der Waals surface area contributed by atoms with E-state index in [1.165, 1.54) is 0 Å². The molecule has 2 aromatic rings. The lowest BCUT2D eigenvalue weighted by molar-refractivity contribution is -0.129. The van der Waals surface area contributed by atoms with Gasteiger partial charge in [0.05, 0.1) is 6.54 Å². The highest BCUT2D eigenvalue weighted by atomic mass is 35.5. The van der Waals surface area contributed by atoms with Crippen molar-refractivity contribution in [2.24, 2.45) is 0 Å². The first-order chi connectivity index (χ1) is 9.60. The van der Waals surface area contributed by atoms with Crippen molar-refractivity contribution in [3.63, 3.8) is 0 Å². The monoisotopic (exact) mass is 296 g/mol. The molecule has 7 nitrogen and oxygen atoms in total. The molecule has 1 aromatic heterocycles. The number of aliphatic hydroxyl groups excluding tert-OH is 2. The highest BCUT2D eigenvalue weighted by Crippen LogP contribution is 2.16. The van der Waals surface area contributed by atoms with Crippen LogP contribution >= 0.6 is 11.6 Å². The maximum atomic E-state index is 11.8. The van der Waals surface area contributed by atoms with E-state index in [1.54, 1.807) is 24.3 Å². The van der Waals surface area contributed by atoms with Crippen molar-refractivity contribution in [3.8, 4) is 0 Å². The van der Waals surface area contributed by atoms with Gasteiger partial charge in [-0.1, -0.05) is 23.7 Å². The number of amides is 1. The molecule has 1 unspecified atom stereocenters. The van der Waals surface area contributed by atoms with Crippen LogP contribution in [0.1, 0.15) is 23.3 Å². The molecular weight excluding hydrogens is 284 g/mol. The molecule has 0 fully saturated rings. The number of hydrogen-bond acceptors (Lipinski definition) is 5. The van der Waals surface area contributed by atoms with E-state index < -0.39 is 12.0 Å². The summed E-state index contributed by atoms with van der Waals surface area (Å²) in [7, 11) is 0. The molecule has 1 heterocycles. The molecule has 1 atom stereocenters. The van der Waals surface area contributed by atoms with Crippen LogP contribution in [0.15, 0.2) is 24.3 Å². The minimum atomic E-state index is -1.28. The van der Waals surface area contributed by atoms with Gasteiger partial charge in [0.15, 0.2) is 11.9 Å². The van der Waals surface area contributed by atoms with E-state index in [2.05, 4.69) is 20.5 Å². The number of carbonyl (C=O) groups excluding carboxylic acids is 1. The van der Waals surface area contributed by atoms with Gasteiger partial charge >= 0.3 is 0 Å². The summed E-state index contributed by atoms with van der Waals surface area (Å²) in [4.78, 5) is 15.7. The zero-order valence-electron chi connectivity index (χ0n) is 10.4. The number of aromatic amines is 1. The van der Waals surface area contributed by atoms with Crippen molar-refractivity contribution in [1.29, 1.82) is 0 Å². The van der Waals surface area contributed by atoms with Crippen LogP contribution in [0.2, 0.25) is 5.02 Å². The summed E-state index contributed by atoms with van der Waals surface area (Å²) in [6, 6.07) is 6.34. The molecule has 20 heavy (non-hydrogen) atoms. The van der Waals surface area contributed by atoms with Gasteiger partial charge in [0.1, 0.15) is 12.4 Å². The van der Waals surface area contributed by atoms with Gasteiger partial charge in [-0.05, 0) is 17.7 Å². The summed E-state index contributed by atoms with van der Waals surface area (Å²) in [5.74, 6) is 0.0764. The molecule has 0 spiro atoms. The van der Waals surface area contributed by atoms with Gasteiger partial charge in [0, 0.05) is 5.02 Å². The maximum absolute atomic E-state index is 11.8. The van der Waals surface area contributed by atoms with Gasteiger partial charge in [-0.2, -0.15) is 5.10 Å². The Bertz CT molecular complexity index is 585. The lowest BCUT2D eigenvalue weighted by atomic mass is 10.1. The average Bonchev–Trinajstić information content (AvgIpc) is 2.93. The molecule has 0 aliphatic rings. The molecule has 0 aliphatic carbocycles. The van der Waals surface area contributed by atoms with Crippen LogP contribution in [-0.4, -0.2) is 31.3 Å². The molecule has 0 saturated carbocycles. The second-order valence-corrected chi connectivity index (χ2v) is 4.46. The molecule has 0 bridgehead atoms. The van der Waals surface area contributed by atoms with Crippen LogP contribution in [0.3, 0.4) is 0 Å². The minimum Gasteiger partial charge on any atom is -0.388 e. The van der Waals surface area contributed by atoms with Gasteiger partial charge in [0.25, 0.3) is 5.91 Å². The first-order valence-electron chi connectivity index (χ1n) is 5.82. The number of nitrogens with zero attached hydrogens (tertiary/aromatic N) is 2. The van der Waals surface area contributed by atoms with Crippen molar-refractivity contribution in [2.45, 2.75) is 19.3 Å². The summed E-state index contributed by atoms with van der Waals surface area (Å²) in [5.41, 5.74) is 0.445. The zero-order chi connectivity index (χ0) is 14.5. The van der Waals surface area contributed by atoms with Gasteiger partial charge in [0.2, 0.25) is 0 Å². The third-order valence-corrected chi connectivity index (χ3v) is 2.84. The van der Waals surface area contributed by atoms with Crippen molar-refractivity contribution < 1.29 is 15.0 Å². The Kier molecular flexibility index (Phi) is 4.67. The summed E-state index contributed by atoms with van der Waals surface area (Å²) >= 11 is 5.73. The molecule has 8 heteroatoms. The minimum absolute atomic E-state index is 0.0798. The normalized spacial score (nSPS) is 12.2. The highest BCUT2D eigenvalue weighted by molar-refractivity contribution is 6.30. The molecule has 1 aromatic carbocycles. The molecule has 0 radical (unpaired) electrons. The number of H-pyrrole nitrogens is 1. The zero-order valence-corrected chi connectivity index (χ0v) is 11.1. The van der Waals surface area contributed by atoms with Gasteiger partial charge in [-0.3, -0.25) is 9.89 Å². The van der Waals surface area contributed by atoms with E-state index in [9.17, 15) is 9.90 Å². The Balaban J connectivity index is 1.92. The van der Waals surface area contributed by atoms with E-state index in [0.717, 1.165) is 0 Å². The second kappa shape index (κ2) is 6.47. The summed E-state index contributed by atoms with van der Waals surface area (Å²) in [6.07, 6.45) is -1.28. The van der Waals surface area contributed by atoms with Crippen LogP contribution in [-0.2, 0) is 17.9 Å². The third kappa shape index (κ3) is 3.53. The van der Waals surface area contributed by atoms with E-state index in [4.69, 9.17) is 16.7 Å². The van der Waals surface area contributed by atoms with Gasteiger partial charge in [-0.15, -0.1) is 0 Å². The van der Waals surface area contributed by atoms with Crippen molar-refractivity contribution in [2.75, 3.05) is 0 Å². The largest absolute Gasteiger partial charge is 0.388 e. The summed E-state index contributed by atoms with van der Waals surface area (Å²) in [6.45, 7) is -0.200. The Labute approximate surface area is 119 Å². The quantitative estimate of drug-likeness (QED) is 0.634. The highest BCUT2D eigenvalue weighted by Gasteiger charge is 2.17. The predicted molar refractivity (Wildman–Crippen MR) is 70.6 cm³/mol. The number of rotatable bonds is 5. The number of nitrogens with one attached hydrogen (secondary N) is 2. The molecule has 2 rings (SSSR count). The van der Waals surface area contributed by atoms with Gasteiger partial charge < -0.3 is 15.5 Å². The Morgan fingerprint density at radius 3 is 2.70 bits per heavy atom. The van der Waals surface area contributed by atoms with Gasteiger partial charge in [-0.25, -0.2) is 4.98 Å². The van der Waals surface area contributed by atoms with Crippen molar-refractivity contribution in [3.05, 3.63) is 46.5 Å². The Morgan fingerprint density at radius 2 is 2.10 bits per heavy atom. The third-order valence-electron chi connectivity index (χ3n) is 2.58. The van der Waals surface area contributed by atoms with Crippen LogP contribution < -0.4 is 5.32 Å². The van der Waals surface area contributed by atoms with E-state index in [-0.39, 0.29) is 19.0 Å². The van der Waals surface area contributed by atoms with Crippen LogP contribution in [0.4, 0.5) is 0 Å².